The molecule has 0 atom stereocenters. The van der Waals surface area contributed by atoms with Crippen LogP contribution in [0.15, 0.2) is 18.2 Å². The minimum Gasteiger partial charge on any atom is -0.370 e. The Morgan fingerprint density at radius 2 is 2.00 bits per heavy atom. The van der Waals surface area contributed by atoms with E-state index in [4.69, 9.17) is 5.10 Å². The van der Waals surface area contributed by atoms with Crippen LogP contribution in [0.1, 0.15) is 49.3 Å². The van der Waals surface area contributed by atoms with E-state index in [1.54, 1.807) is 4.68 Å². The Kier molecular flexibility index (Phi) is 3.36. The van der Waals surface area contributed by atoms with Crippen LogP contribution in [0.25, 0.3) is 5.69 Å². The molecule has 1 aromatic carbocycles. The third-order valence-corrected chi connectivity index (χ3v) is 4.79. The molecular formula is C17H19F2N3. The van der Waals surface area contributed by atoms with Crippen molar-refractivity contribution in [3.63, 3.8) is 0 Å². The zero-order chi connectivity index (χ0) is 15.1. The third kappa shape index (κ3) is 2.19. The Bertz CT molecular complexity index is 704. The van der Waals surface area contributed by atoms with Crippen molar-refractivity contribution >= 4 is 5.82 Å². The van der Waals surface area contributed by atoms with Gasteiger partial charge in [0.2, 0.25) is 0 Å². The standard InChI is InChI=1S/C17H19F2N3/c18-12-7-8-15(14(19)10-12)22-17-13(6-1-2-9-20-17)16(21-22)11-4-3-5-11/h7-8,10-11,20H,1-6,9H2. The smallest absolute Gasteiger partial charge is 0.151 e. The molecule has 116 valence electrons. The maximum atomic E-state index is 14.2. The van der Waals surface area contributed by atoms with Gasteiger partial charge >= 0.3 is 0 Å². The Morgan fingerprint density at radius 1 is 1.14 bits per heavy atom. The van der Waals surface area contributed by atoms with E-state index >= 15 is 0 Å². The van der Waals surface area contributed by atoms with E-state index in [9.17, 15) is 8.78 Å². The van der Waals surface area contributed by atoms with Crippen LogP contribution >= 0.6 is 0 Å². The topological polar surface area (TPSA) is 29.9 Å². The number of benzene rings is 1. The maximum absolute atomic E-state index is 14.2. The first-order valence-corrected chi connectivity index (χ1v) is 8.05. The van der Waals surface area contributed by atoms with Crippen molar-refractivity contribution < 1.29 is 8.78 Å². The molecule has 5 heteroatoms. The molecule has 1 N–H and O–H groups in total. The fourth-order valence-corrected chi connectivity index (χ4v) is 3.37. The van der Waals surface area contributed by atoms with Crippen molar-refractivity contribution in [3.05, 3.63) is 41.1 Å². The zero-order valence-electron chi connectivity index (χ0n) is 12.4. The van der Waals surface area contributed by atoms with Crippen LogP contribution in [0, 0.1) is 11.6 Å². The van der Waals surface area contributed by atoms with Crippen molar-refractivity contribution in [1.82, 2.24) is 9.78 Å². The summed E-state index contributed by atoms with van der Waals surface area (Å²) in [6.07, 6.45) is 6.77. The average molecular weight is 303 g/mol. The first-order chi connectivity index (χ1) is 10.7. The lowest BCUT2D eigenvalue weighted by Crippen LogP contribution is -2.12. The van der Waals surface area contributed by atoms with E-state index in [0.717, 1.165) is 56.2 Å². The Balaban J connectivity index is 1.86. The van der Waals surface area contributed by atoms with E-state index in [2.05, 4.69) is 5.32 Å². The molecule has 1 aliphatic carbocycles. The molecule has 0 radical (unpaired) electrons. The lowest BCUT2D eigenvalue weighted by Gasteiger charge is -2.24. The van der Waals surface area contributed by atoms with Crippen molar-refractivity contribution in [3.8, 4) is 5.69 Å². The molecule has 1 aromatic heterocycles. The molecular weight excluding hydrogens is 284 g/mol. The van der Waals surface area contributed by atoms with Crippen LogP contribution in [0.3, 0.4) is 0 Å². The van der Waals surface area contributed by atoms with Crippen molar-refractivity contribution in [1.29, 1.82) is 0 Å². The van der Waals surface area contributed by atoms with Crippen LogP contribution in [0.4, 0.5) is 14.6 Å². The van der Waals surface area contributed by atoms with Gasteiger partial charge in [-0.25, -0.2) is 13.5 Å². The molecule has 3 nitrogen and oxygen atoms in total. The second-order valence-corrected chi connectivity index (χ2v) is 6.23. The van der Waals surface area contributed by atoms with Crippen LogP contribution < -0.4 is 5.32 Å². The first kappa shape index (κ1) is 13.7. The highest BCUT2D eigenvalue weighted by Crippen LogP contribution is 2.41. The Hall–Kier alpha value is -1.91. The minimum absolute atomic E-state index is 0.317. The summed E-state index contributed by atoms with van der Waals surface area (Å²) in [5.74, 6) is 0.256. The summed E-state index contributed by atoms with van der Waals surface area (Å²) in [5, 5.41) is 8.11. The summed E-state index contributed by atoms with van der Waals surface area (Å²) in [6, 6.07) is 3.67. The van der Waals surface area contributed by atoms with Gasteiger partial charge in [-0.3, -0.25) is 0 Å². The second-order valence-electron chi connectivity index (χ2n) is 6.23. The van der Waals surface area contributed by atoms with Gasteiger partial charge in [-0.1, -0.05) is 6.42 Å². The highest BCUT2D eigenvalue weighted by atomic mass is 19.1. The van der Waals surface area contributed by atoms with Crippen molar-refractivity contribution in [2.75, 3.05) is 11.9 Å². The number of aromatic nitrogens is 2. The number of nitrogens with zero attached hydrogens (tertiary/aromatic N) is 2. The zero-order valence-corrected chi connectivity index (χ0v) is 12.4. The second kappa shape index (κ2) is 5.38. The van der Waals surface area contributed by atoms with Crippen LogP contribution in [-0.4, -0.2) is 16.3 Å². The summed E-state index contributed by atoms with van der Waals surface area (Å²) < 4.78 is 29.0. The largest absolute Gasteiger partial charge is 0.370 e. The first-order valence-electron chi connectivity index (χ1n) is 8.05. The molecule has 22 heavy (non-hydrogen) atoms. The van der Waals surface area contributed by atoms with Crippen LogP contribution in [0.5, 0.6) is 0 Å². The van der Waals surface area contributed by atoms with Gasteiger partial charge in [0.1, 0.15) is 17.3 Å². The fourth-order valence-electron chi connectivity index (χ4n) is 3.37. The van der Waals surface area contributed by atoms with Gasteiger partial charge in [0.25, 0.3) is 0 Å². The molecule has 0 amide bonds. The van der Waals surface area contributed by atoms with Gasteiger partial charge in [0, 0.05) is 24.1 Å². The number of hydrogen-bond donors (Lipinski definition) is 1. The van der Waals surface area contributed by atoms with E-state index in [0.29, 0.717) is 11.6 Å². The van der Waals surface area contributed by atoms with Gasteiger partial charge in [0.05, 0.1) is 5.69 Å². The lowest BCUT2D eigenvalue weighted by molar-refractivity contribution is 0.406. The summed E-state index contributed by atoms with van der Waals surface area (Å²) >= 11 is 0. The summed E-state index contributed by atoms with van der Waals surface area (Å²) in [5.41, 5.74) is 2.66. The lowest BCUT2D eigenvalue weighted by atomic mass is 9.81. The summed E-state index contributed by atoms with van der Waals surface area (Å²) in [6.45, 7) is 0.867. The maximum Gasteiger partial charge on any atom is 0.151 e. The van der Waals surface area contributed by atoms with Gasteiger partial charge in [-0.2, -0.15) is 5.10 Å². The predicted molar refractivity (Wildman–Crippen MR) is 81.5 cm³/mol. The molecule has 2 heterocycles. The summed E-state index contributed by atoms with van der Waals surface area (Å²) in [4.78, 5) is 0. The molecule has 0 bridgehead atoms. The number of rotatable bonds is 2. The molecule has 1 saturated carbocycles. The molecule has 2 aliphatic rings. The fraction of sp³-hybridized carbons (Fsp3) is 0.471. The minimum atomic E-state index is -0.573. The predicted octanol–water partition coefficient (Wildman–Crippen LogP) is 4.17. The quantitative estimate of drug-likeness (QED) is 0.902. The van der Waals surface area contributed by atoms with Gasteiger partial charge < -0.3 is 5.32 Å². The van der Waals surface area contributed by atoms with Crippen molar-refractivity contribution in [2.45, 2.75) is 44.4 Å². The normalized spacial score (nSPS) is 18.3. The number of anilines is 1. The molecule has 4 rings (SSSR count). The molecule has 1 aliphatic heterocycles. The Morgan fingerprint density at radius 3 is 2.73 bits per heavy atom. The number of hydrogen-bond acceptors (Lipinski definition) is 2. The highest BCUT2D eigenvalue weighted by molar-refractivity contribution is 5.55. The average Bonchev–Trinajstić information content (AvgIpc) is 2.63. The van der Waals surface area contributed by atoms with Gasteiger partial charge in [-0.15, -0.1) is 0 Å². The van der Waals surface area contributed by atoms with Gasteiger partial charge in [-0.05, 0) is 44.2 Å². The molecule has 1 fully saturated rings. The SMILES string of the molecule is Fc1ccc(-n2nc(C3CCC3)c3c2NCCCC3)c(F)c1. The van der Waals surface area contributed by atoms with E-state index in [1.807, 2.05) is 0 Å². The van der Waals surface area contributed by atoms with Gasteiger partial charge in [0.15, 0.2) is 5.82 Å². The highest BCUT2D eigenvalue weighted by Gasteiger charge is 2.30. The molecule has 2 aromatic rings. The third-order valence-electron chi connectivity index (χ3n) is 4.79. The van der Waals surface area contributed by atoms with Crippen LogP contribution in [0.2, 0.25) is 0 Å². The van der Waals surface area contributed by atoms with E-state index in [1.165, 1.54) is 24.1 Å². The molecule has 0 saturated heterocycles. The monoisotopic (exact) mass is 303 g/mol. The molecule has 0 spiro atoms. The Labute approximate surface area is 128 Å². The van der Waals surface area contributed by atoms with E-state index in [-0.39, 0.29) is 0 Å². The van der Waals surface area contributed by atoms with Crippen LogP contribution in [-0.2, 0) is 6.42 Å². The number of halogens is 2. The summed E-state index contributed by atoms with van der Waals surface area (Å²) in [7, 11) is 0. The molecule has 0 unspecified atom stereocenters. The number of nitrogens with one attached hydrogen (secondary N) is 1. The van der Waals surface area contributed by atoms with E-state index < -0.39 is 11.6 Å². The van der Waals surface area contributed by atoms with Crippen molar-refractivity contribution in [2.24, 2.45) is 0 Å². The number of fused-ring (bicyclic) bond motifs is 1.